The highest BCUT2D eigenvalue weighted by atomic mass is 32.1. The smallest absolute Gasteiger partial charge is 0.416 e. The number of piperazine rings is 1. The van der Waals surface area contributed by atoms with Crippen molar-refractivity contribution < 1.29 is 22.4 Å². The molecular formula is C20H20F3N5O2S. The molecule has 1 aliphatic heterocycles. The largest absolute Gasteiger partial charge is 0.464 e. The molecule has 11 heteroatoms. The molecule has 0 radical (unpaired) electrons. The van der Waals surface area contributed by atoms with E-state index in [9.17, 15) is 18.0 Å². The molecule has 31 heavy (non-hydrogen) atoms. The molecular weight excluding hydrogens is 431 g/mol. The number of nitrogens with one attached hydrogen (secondary N) is 1. The molecule has 3 aromatic rings. The van der Waals surface area contributed by atoms with Gasteiger partial charge in [0.05, 0.1) is 17.7 Å². The zero-order chi connectivity index (χ0) is 22.0. The number of amides is 1. The molecule has 0 aliphatic carbocycles. The Hall–Kier alpha value is -2.76. The summed E-state index contributed by atoms with van der Waals surface area (Å²) in [4.78, 5) is 21.4. The Morgan fingerprint density at radius 3 is 2.74 bits per heavy atom. The van der Waals surface area contributed by atoms with Crippen LogP contribution in [-0.2, 0) is 12.7 Å². The van der Waals surface area contributed by atoms with Crippen LogP contribution in [0.1, 0.15) is 21.7 Å². The van der Waals surface area contributed by atoms with E-state index in [4.69, 9.17) is 4.42 Å². The van der Waals surface area contributed by atoms with Crippen molar-refractivity contribution in [3.8, 4) is 11.3 Å². The van der Waals surface area contributed by atoms with Crippen LogP contribution in [0.15, 0.2) is 41.0 Å². The van der Waals surface area contributed by atoms with Crippen LogP contribution in [0.5, 0.6) is 0 Å². The third-order valence-corrected chi connectivity index (χ3v) is 5.65. The Morgan fingerprint density at radius 2 is 2.00 bits per heavy atom. The van der Waals surface area contributed by atoms with E-state index in [2.05, 4.69) is 31.5 Å². The number of aromatic nitrogens is 2. The summed E-state index contributed by atoms with van der Waals surface area (Å²) >= 11 is 1.08. The monoisotopic (exact) mass is 451 g/mol. The highest BCUT2D eigenvalue weighted by molar-refractivity contribution is 7.09. The van der Waals surface area contributed by atoms with Gasteiger partial charge in [-0.1, -0.05) is 12.1 Å². The number of halogens is 3. The van der Waals surface area contributed by atoms with Gasteiger partial charge in [-0.15, -0.1) is 0 Å². The van der Waals surface area contributed by atoms with Gasteiger partial charge < -0.3 is 9.32 Å². The molecule has 3 heterocycles. The topological polar surface area (TPSA) is 74.5 Å². The normalized spacial score (nSPS) is 15.9. The molecule has 0 atom stereocenters. The highest BCUT2D eigenvalue weighted by Gasteiger charge is 2.30. The molecule has 0 unspecified atom stereocenters. The first kappa shape index (κ1) is 21.5. The van der Waals surface area contributed by atoms with Gasteiger partial charge in [-0.25, -0.2) is 4.98 Å². The maximum Gasteiger partial charge on any atom is 0.416 e. The minimum atomic E-state index is -4.46. The van der Waals surface area contributed by atoms with Crippen LogP contribution in [0, 0.1) is 0 Å². The first-order chi connectivity index (χ1) is 14.8. The van der Waals surface area contributed by atoms with Crippen molar-refractivity contribution in [3.63, 3.8) is 0 Å². The van der Waals surface area contributed by atoms with Crippen molar-refractivity contribution >= 4 is 22.6 Å². The summed E-state index contributed by atoms with van der Waals surface area (Å²) in [7, 11) is 2.08. The summed E-state index contributed by atoms with van der Waals surface area (Å²) < 4.78 is 48.4. The zero-order valence-corrected chi connectivity index (χ0v) is 17.5. The number of hydrogen-bond donors (Lipinski definition) is 1. The van der Waals surface area contributed by atoms with Crippen LogP contribution in [0.25, 0.3) is 11.3 Å². The van der Waals surface area contributed by atoms with Crippen molar-refractivity contribution in [1.82, 2.24) is 19.2 Å². The molecule has 4 rings (SSSR count). The zero-order valence-electron chi connectivity index (χ0n) is 16.6. The number of hydrogen-bond acceptors (Lipinski definition) is 7. The van der Waals surface area contributed by atoms with E-state index >= 15 is 0 Å². The molecule has 0 saturated carbocycles. The van der Waals surface area contributed by atoms with Crippen molar-refractivity contribution in [2.45, 2.75) is 12.7 Å². The molecule has 2 aromatic heterocycles. The summed E-state index contributed by atoms with van der Waals surface area (Å²) in [5, 5.41) is 3.02. The van der Waals surface area contributed by atoms with Gasteiger partial charge in [-0.2, -0.15) is 17.5 Å². The molecule has 1 aliphatic rings. The van der Waals surface area contributed by atoms with Gasteiger partial charge in [0.25, 0.3) is 5.91 Å². The third kappa shape index (κ3) is 5.30. The maximum absolute atomic E-state index is 12.9. The molecule has 164 valence electrons. The Kier molecular flexibility index (Phi) is 6.08. The summed E-state index contributed by atoms with van der Waals surface area (Å²) in [5.74, 6) is 0.343. The van der Waals surface area contributed by atoms with E-state index in [-0.39, 0.29) is 16.9 Å². The van der Waals surface area contributed by atoms with Gasteiger partial charge in [0.2, 0.25) is 5.13 Å². The van der Waals surface area contributed by atoms with Crippen LogP contribution in [0.3, 0.4) is 0 Å². The van der Waals surface area contributed by atoms with E-state index < -0.39 is 17.6 Å². The Bertz CT molecular complexity index is 1060. The average Bonchev–Trinajstić information content (AvgIpc) is 3.39. The first-order valence-electron chi connectivity index (χ1n) is 9.59. The second-order valence-electron chi connectivity index (χ2n) is 7.33. The minimum absolute atomic E-state index is 0.171. The fourth-order valence-electron chi connectivity index (χ4n) is 3.20. The average molecular weight is 451 g/mol. The van der Waals surface area contributed by atoms with Crippen LogP contribution < -0.4 is 5.32 Å². The van der Waals surface area contributed by atoms with E-state index in [1.54, 1.807) is 0 Å². The van der Waals surface area contributed by atoms with E-state index in [0.717, 1.165) is 49.8 Å². The molecule has 1 amide bonds. The number of carbonyl (C=O) groups excluding carboxylic acids is 1. The number of likely N-dealkylation sites (N-methyl/N-ethyl adjacent to an activating group) is 1. The minimum Gasteiger partial charge on any atom is -0.464 e. The Labute approximate surface area is 180 Å². The molecule has 0 bridgehead atoms. The lowest BCUT2D eigenvalue weighted by Gasteiger charge is -2.31. The van der Waals surface area contributed by atoms with Crippen LogP contribution >= 0.6 is 11.5 Å². The maximum atomic E-state index is 12.9. The summed E-state index contributed by atoms with van der Waals surface area (Å²) in [6.45, 7) is 4.46. The Morgan fingerprint density at radius 1 is 1.23 bits per heavy atom. The van der Waals surface area contributed by atoms with Crippen molar-refractivity contribution in [2.24, 2.45) is 0 Å². The number of rotatable bonds is 5. The lowest BCUT2D eigenvalue weighted by Crippen LogP contribution is -2.44. The van der Waals surface area contributed by atoms with Crippen molar-refractivity contribution in [3.05, 3.63) is 53.5 Å². The van der Waals surface area contributed by atoms with E-state index in [1.807, 2.05) is 0 Å². The van der Waals surface area contributed by atoms with E-state index in [1.165, 1.54) is 24.5 Å². The summed E-state index contributed by atoms with van der Waals surface area (Å²) in [6.07, 6.45) is -3.25. The predicted molar refractivity (Wildman–Crippen MR) is 110 cm³/mol. The number of carbonyl (C=O) groups is 1. The quantitative estimate of drug-likeness (QED) is 0.636. The van der Waals surface area contributed by atoms with Gasteiger partial charge >= 0.3 is 6.18 Å². The number of furan rings is 1. The van der Waals surface area contributed by atoms with Crippen LogP contribution in [-0.4, -0.2) is 58.3 Å². The highest BCUT2D eigenvalue weighted by Crippen LogP contribution is 2.32. The second kappa shape index (κ2) is 8.77. The predicted octanol–water partition coefficient (Wildman–Crippen LogP) is 3.82. The van der Waals surface area contributed by atoms with Crippen molar-refractivity contribution in [1.29, 1.82) is 0 Å². The molecule has 1 N–H and O–H groups in total. The van der Waals surface area contributed by atoms with E-state index in [0.29, 0.717) is 17.5 Å². The second-order valence-corrected chi connectivity index (χ2v) is 8.08. The van der Waals surface area contributed by atoms with Crippen molar-refractivity contribution in [2.75, 3.05) is 38.5 Å². The summed E-state index contributed by atoms with van der Waals surface area (Å²) in [5.41, 5.74) is -0.364. The lowest BCUT2D eigenvalue weighted by atomic mass is 10.1. The van der Waals surface area contributed by atoms with Gasteiger partial charge in [-0.3, -0.25) is 15.0 Å². The summed E-state index contributed by atoms with van der Waals surface area (Å²) in [6, 6.07) is 6.15. The molecule has 1 aromatic carbocycles. The van der Waals surface area contributed by atoms with Gasteiger partial charge in [0, 0.05) is 43.3 Å². The van der Waals surface area contributed by atoms with Crippen LogP contribution in [0.2, 0.25) is 0 Å². The molecule has 7 nitrogen and oxygen atoms in total. The molecule has 1 saturated heterocycles. The SMILES string of the molecule is CN1CCN(Cc2nsc(NC(=O)c3coc(-c4cccc(C(F)(F)F)c4)c3)n2)CC1. The number of nitrogens with zero attached hydrogens (tertiary/aromatic N) is 4. The standard InChI is InChI=1S/C20H20F3N5O2S/c1-27-5-7-28(8-6-27)11-17-24-19(31-26-17)25-18(29)14-10-16(30-12-14)13-3-2-4-15(9-13)20(21,22)23/h2-4,9-10,12H,5-8,11H2,1H3,(H,24,25,26,29). The van der Waals surface area contributed by atoms with Gasteiger partial charge in [0.1, 0.15) is 12.0 Å². The number of alkyl halides is 3. The Balaban J connectivity index is 1.39. The van der Waals surface area contributed by atoms with Crippen LogP contribution in [0.4, 0.5) is 18.3 Å². The molecule has 1 fully saturated rings. The molecule has 0 spiro atoms. The third-order valence-electron chi connectivity index (χ3n) is 4.99. The van der Waals surface area contributed by atoms with Gasteiger partial charge in [-0.05, 0) is 25.2 Å². The fraction of sp³-hybridized carbons (Fsp3) is 0.350. The number of benzene rings is 1. The van der Waals surface area contributed by atoms with Gasteiger partial charge in [0.15, 0.2) is 5.82 Å². The fourth-order valence-corrected chi connectivity index (χ4v) is 3.77. The number of anilines is 1. The lowest BCUT2D eigenvalue weighted by molar-refractivity contribution is -0.137. The first-order valence-corrected chi connectivity index (χ1v) is 10.4.